The van der Waals surface area contributed by atoms with E-state index in [2.05, 4.69) is 15.5 Å². The molecule has 0 aliphatic heterocycles. The molecule has 0 saturated carbocycles. The Morgan fingerprint density at radius 2 is 2.07 bits per heavy atom. The molecule has 0 atom stereocenters. The number of carbonyl (C=O) groups excluding carboxylic acids is 1. The third-order valence-electron chi connectivity index (χ3n) is 3.63. The van der Waals surface area contributed by atoms with Gasteiger partial charge in [-0.1, -0.05) is 11.8 Å². The summed E-state index contributed by atoms with van der Waals surface area (Å²) in [6.07, 6.45) is 1.62. The van der Waals surface area contributed by atoms with Crippen molar-refractivity contribution in [3.8, 4) is 5.75 Å². The van der Waals surface area contributed by atoms with E-state index in [1.807, 2.05) is 18.4 Å². The van der Waals surface area contributed by atoms with Crippen LogP contribution in [-0.2, 0) is 14.8 Å². The summed E-state index contributed by atoms with van der Waals surface area (Å²) in [4.78, 5) is 12.2. The predicted molar refractivity (Wildman–Crippen MR) is 104 cm³/mol. The van der Waals surface area contributed by atoms with E-state index < -0.39 is 10.0 Å². The van der Waals surface area contributed by atoms with E-state index in [9.17, 15) is 13.2 Å². The number of thioether (sulfide) groups is 1. The lowest BCUT2D eigenvalue weighted by Crippen LogP contribution is -2.23. The van der Waals surface area contributed by atoms with Gasteiger partial charge in [-0.2, -0.15) is 0 Å². The second-order valence-electron chi connectivity index (χ2n) is 6.10. The van der Waals surface area contributed by atoms with Crippen LogP contribution in [0.25, 0.3) is 0 Å². The molecule has 11 heteroatoms. The van der Waals surface area contributed by atoms with Gasteiger partial charge in [0, 0.05) is 25.8 Å². The molecule has 0 bridgehead atoms. The zero-order valence-corrected chi connectivity index (χ0v) is 17.5. The number of hydrogen-bond donors (Lipinski definition) is 1. The van der Waals surface area contributed by atoms with E-state index in [1.54, 1.807) is 12.4 Å². The van der Waals surface area contributed by atoms with Gasteiger partial charge < -0.3 is 14.6 Å². The van der Waals surface area contributed by atoms with Crippen LogP contribution in [0.15, 0.2) is 34.6 Å². The molecule has 9 nitrogen and oxygen atoms in total. The van der Waals surface area contributed by atoms with Crippen molar-refractivity contribution in [3.05, 3.63) is 24.5 Å². The molecule has 27 heavy (non-hydrogen) atoms. The lowest BCUT2D eigenvalue weighted by Gasteiger charge is -2.16. The second kappa shape index (κ2) is 8.72. The van der Waals surface area contributed by atoms with E-state index in [1.165, 1.54) is 45.1 Å². The highest BCUT2D eigenvalue weighted by molar-refractivity contribution is 7.99. The number of amides is 1. The number of aromatic nitrogens is 3. The summed E-state index contributed by atoms with van der Waals surface area (Å²) in [5, 5.41) is 11.2. The minimum Gasteiger partial charge on any atom is -0.495 e. The average Bonchev–Trinajstić information content (AvgIpc) is 3.08. The van der Waals surface area contributed by atoms with E-state index in [-0.39, 0.29) is 28.3 Å². The van der Waals surface area contributed by atoms with Gasteiger partial charge in [0.15, 0.2) is 5.16 Å². The molecule has 0 fully saturated rings. The van der Waals surface area contributed by atoms with Crippen molar-refractivity contribution >= 4 is 33.4 Å². The van der Waals surface area contributed by atoms with E-state index in [0.717, 1.165) is 4.31 Å². The maximum Gasteiger partial charge on any atom is 0.246 e. The highest BCUT2D eigenvalue weighted by Crippen LogP contribution is 2.29. The number of nitrogens with zero attached hydrogens (tertiary/aromatic N) is 4. The highest BCUT2D eigenvalue weighted by Gasteiger charge is 2.23. The number of methoxy groups -OCH3 is 1. The Morgan fingerprint density at radius 3 is 2.67 bits per heavy atom. The van der Waals surface area contributed by atoms with Crippen LogP contribution in [0.2, 0.25) is 0 Å². The molecule has 1 heterocycles. The van der Waals surface area contributed by atoms with Gasteiger partial charge in [-0.05, 0) is 32.0 Å². The molecule has 2 rings (SSSR count). The van der Waals surface area contributed by atoms with E-state index >= 15 is 0 Å². The highest BCUT2D eigenvalue weighted by atomic mass is 32.2. The molecule has 0 saturated heterocycles. The zero-order valence-electron chi connectivity index (χ0n) is 15.8. The second-order valence-corrected chi connectivity index (χ2v) is 9.17. The van der Waals surface area contributed by atoms with Crippen LogP contribution in [-0.4, -0.2) is 60.4 Å². The zero-order chi connectivity index (χ0) is 20.2. The Kier molecular flexibility index (Phi) is 6.84. The van der Waals surface area contributed by atoms with Crippen molar-refractivity contribution in [1.29, 1.82) is 0 Å². The van der Waals surface area contributed by atoms with Gasteiger partial charge >= 0.3 is 0 Å². The van der Waals surface area contributed by atoms with Crippen LogP contribution >= 0.6 is 11.8 Å². The number of nitrogens with one attached hydrogen (secondary N) is 1. The molecule has 0 spiro atoms. The molecule has 0 radical (unpaired) electrons. The van der Waals surface area contributed by atoms with Crippen molar-refractivity contribution in [2.75, 3.05) is 32.3 Å². The largest absolute Gasteiger partial charge is 0.495 e. The van der Waals surface area contributed by atoms with Crippen molar-refractivity contribution in [2.45, 2.75) is 29.9 Å². The molecule has 1 aromatic carbocycles. The van der Waals surface area contributed by atoms with Gasteiger partial charge in [-0.25, -0.2) is 12.7 Å². The smallest absolute Gasteiger partial charge is 0.246 e. The quantitative estimate of drug-likeness (QED) is 0.658. The van der Waals surface area contributed by atoms with Crippen LogP contribution in [0.1, 0.15) is 19.9 Å². The monoisotopic (exact) mass is 413 g/mol. The molecular formula is C16H23N5O4S2. The van der Waals surface area contributed by atoms with Gasteiger partial charge in [-0.15, -0.1) is 10.2 Å². The van der Waals surface area contributed by atoms with Crippen LogP contribution in [0.4, 0.5) is 5.69 Å². The van der Waals surface area contributed by atoms with Gasteiger partial charge in [-0.3, -0.25) is 4.79 Å². The molecule has 0 aliphatic carbocycles. The summed E-state index contributed by atoms with van der Waals surface area (Å²) in [6.45, 7) is 4.00. The number of carbonyl (C=O) groups is 1. The first-order chi connectivity index (χ1) is 12.7. The summed E-state index contributed by atoms with van der Waals surface area (Å²) in [6, 6.07) is 4.67. The summed E-state index contributed by atoms with van der Waals surface area (Å²) in [5.41, 5.74) is 0.368. The number of rotatable bonds is 8. The molecule has 1 aromatic heterocycles. The fourth-order valence-electron chi connectivity index (χ4n) is 2.17. The topological polar surface area (TPSA) is 106 Å². The number of ether oxygens (including phenoxy) is 1. The lowest BCUT2D eigenvalue weighted by atomic mass is 10.3. The van der Waals surface area contributed by atoms with Crippen molar-refractivity contribution in [3.63, 3.8) is 0 Å². The van der Waals surface area contributed by atoms with Gasteiger partial charge in [0.25, 0.3) is 0 Å². The van der Waals surface area contributed by atoms with E-state index in [4.69, 9.17) is 4.74 Å². The molecule has 2 aromatic rings. The Balaban J connectivity index is 2.13. The van der Waals surface area contributed by atoms with Crippen molar-refractivity contribution in [1.82, 2.24) is 19.1 Å². The summed E-state index contributed by atoms with van der Waals surface area (Å²) in [5.74, 6) is 0.0468. The first-order valence-electron chi connectivity index (χ1n) is 8.09. The maximum atomic E-state index is 12.4. The van der Waals surface area contributed by atoms with Gasteiger partial charge in [0.05, 0.1) is 12.9 Å². The molecule has 1 amide bonds. The van der Waals surface area contributed by atoms with Crippen molar-refractivity contribution in [2.24, 2.45) is 0 Å². The summed E-state index contributed by atoms with van der Waals surface area (Å²) >= 11 is 1.26. The maximum absolute atomic E-state index is 12.4. The van der Waals surface area contributed by atoms with Crippen LogP contribution in [0.3, 0.4) is 0 Å². The molecular weight excluding hydrogens is 390 g/mol. The Morgan fingerprint density at radius 1 is 1.37 bits per heavy atom. The summed E-state index contributed by atoms with van der Waals surface area (Å²) in [7, 11) is 0.546. The number of hydrogen-bond acceptors (Lipinski definition) is 7. The Bertz CT molecular complexity index is 909. The minimum absolute atomic E-state index is 0.0139. The van der Waals surface area contributed by atoms with Crippen LogP contribution < -0.4 is 10.1 Å². The fourth-order valence-corrected chi connectivity index (χ4v) is 4.09. The number of benzene rings is 1. The van der Waals surface area contributed by atoms with Crippen LogP contribution in [0.5, 0.6) is 5.75 Å². The molecule has 0 aliphatic rings. The SMILES string of the molecule is COc1ccc(NC(=O)CSc2nncn2C(C)C)cc1S(=O)(=O)N(C)C. The van der Waals surface area contributed by atoms with Gasteiger partial charge in [0.2, 0.25) is 15.9 Å². The first-order valence-corrected chi connectivity index (χ1v) is 10.5. The molecule has 1 N–H and O–H groups in total. The Hall–Kier alpha value is -2.11. The average molecular weight is 414 g/mol. The minimum atomic E-state index is -3.71. The predicted octanol–water partition coefficient (Wildman–Crippen LogP) is 1.85. The van der Waals surface area contributed by atoms with Gasteiger partial charge in [0.1, 0.15) is 17.0 Å². The third-order valence-corrected chi connectivity index (χ3v) is 6.43. The number of anilines is 1. The molecule has 0 unspecified atom stereocenters. The van der Waals surface area contributed by atoms with E-state index in [0.29, 0.717) is 10.8 Å². The third kappa shape index (κ3) is 4.99. The van der Waals surface area contributed by atoms with Crippen LogP contribution in [0, 0.1) is 0 Å². The van der Waals surface area contributed by atoms with Crippen molar-refractivity contribution < 1.29 is 17.9 Å². The number of sulfonamides is 1. The Labute approximate surface area is 163 Å². The molecule has 148 valence electrons. The lowest BCUT2D eigenvalue weighted by molar-refractivity contribution is -0.113. The summed E-state index contributed by atoms with van der Waals surface area (Å²) < 4.78 is 33.0. The fraction of sp³-hybridized carbons (Fsp3) is 0.438. The standard InChI is InChI=1S/C16H23N5O4S2/c1-11(2)21-10-17-19-16(21)26-9-15(22)18-12-6-7-13(25-5)14(8-12)27(23,24)20(3)4/h6-8,10-11H,9H2,1-5H3,(H,18,22). The first kappa shape index (κ1) is 21.2. The normalized spacial score (nSPS) is 11.8.